The van der Waals surface area contributed by atoms with Crippen molar-refractivity contribution in [1.82, 2.24) is 15.2 Å². The van der Waals surface area contributed by atoms with E-state index in [1.165, 1.54) is 24.0 Å². The van der Waals surface area contributed by atoms with Crippen LogP contribution in [0.25, 0.3) is 0 Å². The molecule has 80 valence electrons. The standard InChI is InChI=1S/C10H7N3O2S/c14-10(15)7-4-6-12-13-9(7)16-8-3-1-2-5-11-8/h1-6H,(H,14,15). The maximum absolute atomic E-state index is 10.9. The first-order valence-corrected chi connectivity index (χ1v) is 5.23. The molecule has 0 fully saturated rings. The average molecular weight is 233 g/mol. The molecule has 2 aromatic heterocycles. The van der Waals surface area contributed by atoms with E-state index in [-0.39, 0.29) is 5.56 Å². The van der Waals surface area contributed by atoms with E-state index < -0.39 is 5.97 Å². The van der Waals surface area contributed by atoms with E-state index in [0.717, 1.165) is 0 Å². The van der Waals surface area contributed by atoms with Gasteiger partial charge >= 0.3 is 5.97 Å². The molecule has 0 aliphatic heterocycles. The summed E-state index contributed by atoms with van der Waals surface area (Å²) >= 11 is 1.18. The number of carboxylic acids is 1. The van der Waals surface area contributed by atoms with Crippen molar-refractivity contribution in [3.63, 3.8) is 0 Å². The Morgan fingerprint density at radius 1 is 1.25 bits per heavy atom. The van der Waals surface area contributed by atoms with E-state index in [0.29, 0.717) is 10.1 Å². The van der Waals surface area contributed by atoms with Crippen molar-refractivity contribution >= 4 is 17.7 Å². The summed E-state index contributed by atoms with van der Waals surface area (Å²) in [7, 11) is 0. The van der Waals surface area contributed by atoms with Gasteiger partial charge in [-0.05, 0) is 30.0 Å². The van der Waals surface area contributed by atoms with Gasteiger partial charge in [0.2, 0.25) is 0 Å². The summed E-state index contributed by atoms with van der Waals surface area (Å²) in [6, 6.07) is 6.82. The number of hydrogen-bond donors (Lipinski definition) is 1. The SMILES string of the molecule is O=C(O)c1ccnnc1Sc1ccccn1. The number of aromatic carboxylic acids is 1. The van der Waals surface area contributed by atoms with E-state index in [4.69, 9.17) is 5.11 Å². The lowest BCUT2D eigenvalue weighted by atomic mass is 10.3. The fraction of sp³-hybridized carbons (Fsp3) is 0. The van der Waals surface area contributed by atoms with Crippen LogP contribution in [0.1, 0.15) is 10.4 Å². The topological polar surface area (TPSA) is 76.0 Å². The number of carboxylic acid groups (broad SMARTS) is 1. The van der Waals surface area contributed by atoms with Gasteiger partial charge in [0.1, 0.15) is 10.1 Å². The molecule has 0 spiro atoms. The Labute approximate surface area is 95.6 Å². The fourth-order valence-corrected chi connectivity index (χ4v) is 1.88. The lowest BCUT2D eigenvalue weighted by molar-refractivity contribution is 0.0692. The molecule has 16 heavy (non-hydrogen) atoms. The summed E-state index contributed by atoms with van der Waals surface area (Å²) in [5, 5.41) is 17.4. The van der Waals surface area contributed by atoms with E-state index in [1.54, 1.807) is 18.3 Å². The molecule has 0 amide bonds. The third-order valence-electron chi connectivity index (χ3n) is 1.76. The van der Waals surface area contributed by atoms with Crippen molar-refractivity contribution in [3.8, 4) is 0 Å². The van der Waals surface area contributed by atoms with Crippen LogP contribution in [0.3, 0.4) is 0 Å². The normalized spacial score (nSPS) is 10.0. The lowest BCUT2D eigenvalue weighted by Gasteiger charge is -2.01. The van der Waals surface area contributed by atoms with E-state index in [1.807, 2.05) is 6.07 Å². The van der Waals surface area contributed by atoms with Crippen LogP contribution in [0, 0.1) is 0 Å². The highest BCUT2D eigenvalue weighted by Gasteiger charge is 2.12. The number of pyridine rings is 1. The monoisotopic (exact) mass is 233 g/mol. The van der Waals surface area contributed by atoms with Crippen LogP contribution in [0.15, 0.2) is 46.7 Å². The maximum atomic E-state index is 10.9. The number of nitrogens with zero attached hydrogens (tertiary/aromatic N) is 3. The zero-order chi connectivity index (χ0) is 11.4. The minimum atomic E-state index is -1.02. The molecule has 2 aromatic rings. The first-order chi connectivity index (χ1) is 7.77. The van der Waals surface area contributed by atoms with Crippen molar-refractivity contribution in [1.29, 1.82) is 0 Å². The summed E-state index contributed by atoms with van der Waals surface area (Å²) in [6.45, 7) is 0. The molecular weight excluding hydrogens is 226 g/mol. The van der Waals surface area contributed by atoms with Gasteiger partial charge < -0.3 is 5.11 Å². The minimum absolute atomic E-state index is 0.130. The van der Waals surface area contributed by atoms with Gasteiger partial charge in [-0.15, -0.1) is 5.10 Å². The maximum Gasteiger partial charge on any atom is 0.338 e. The predicted molar refractivity (Wildman–Crippen MR) is 57.4 cm³/mol. The van der Waals surface area contributed by atoms with Gasteiger partial charge in [-0.2, -0.15) is 5.10 Å². The molecule has 6 heteroatoms. The smallest absolute Gasteiger partial charge is 0.338 e. The zero-order valence-electron chi connectivity index (χ0n) is 8.07. The second-order valence-corrected chi connectivity index (χ2v) is 3.83. The summed E-state index contributed by atoms with van der Waals surface area (Å²) in [5.74, 6) is -1.02. The Balaban J connectivity index is 2.31. The van der Waals surface area contributed by atoms with E-state index >= 15 is 0 Å². The van der Waals surface area contributed by atoms with Crippen LogP contribution in [0.4, 0.5) is 0 Å². The molecule has 0 aromatic carbocycles. The summed E-state index contributed by atoms with van der Waals surface area (Å²) < 4.78 is 0. The van der Waals surface area contributed by atoms with Crippen LogP contribution in [0.2, 0.25) is 0 Å². The second-order valence-electron chi connectivity index (χ2n) is 2.83. The van der Waals surface area contributed by atoms with Crippen molar-refractivity contribution in [2.75, 3.05) is 0 Å². The first kappa shape index (κ1) is 10.6. The predicted octanol–water partition coefficient (Wildman–Crippen LogP) is 1.72. The summed E-state index contributed by atoms with van der Waals surface area (Å²) in [4.78, 5) is 15.0. The highest BCUT2D eigenvalue weighted by Crippen LogP contribution is 2.25. The number of carbonyl (C=O) groups is 1. The van der Waals surface area contributed by atoms with E-state index in [9.17, 15) is 4.79 Å². The molecule has 0 aliphatic carbocycles. The Bertz CT molecular complexity index is 504. The highest BCUT2D eigenvalue weighted by molar-refractivity contribution is 7.99. The van der Waals surface area contributed by atoms with Crippen molar-refractivity contribution in [2.45, 2.75) is 10.1 Å². The lowest BCUT2D eigenvalue weighted by Crippen LogP contribution is -2.01. The Morgan fingerprint density at radius 2 is 2.12 bits per heavy atom. The molecule has 0 unspecified atom stereocenters. The van der Waals surface area contributed by atoms with Gasteiger partial charge in [0.25, 0.3) is 0 Å². The van der Waals surface area contributed by atoms with Crippen molar-refractivity contribution in [2.24, 2.45) is 0 Å². The number of rotatable bonds is 3. The van der Waals surface area contributed by atoms with Gasteiger partial charge in [0.05, 0.1) is 11.8 Å². The highest BCUT2D eigenvalue weighted by atomic mass is 32.2. The van der Waals surface area contributed by atoms with Gasteiger partial charge in [-0.3, -0.25) is 0 Å². The molecule has 0 saturated carbocycles. The molecule has 1 N–H and O–H groups in total. The Hall–Kier alpha value is -1.95. The van der Waals surface area contributed by atoms with Gasteiger partial charge in [0.15, 0.2) is 0 Å². The Morgan fingerprint density at radius 3 is 2.81 bits per heavy atom. The molecular formula is C10H7N3O2S. The Kier molecular flexibility index (Phi) is 3.11. The van der Waals surface area contributed by atoms with Gasteiger partial charge in [-0.1, -0.05) is 6.07 Å². The third-order valence-corrected chi connectivity index (χ3v) is 2.70. The van der Waals surface area contributed by atoms with Crippen LogP contribution in [0.5, 0.6) is 0 Å². The third kappa shape index (κ3) is 2.34. The number of aromatic nitrogens is 3. The summed E-state index contributed by atoms with van der Waals surface area (Å²) in [5.41, 5.74) is 0.130. The largest absolute Gasteiger partial charge is 0.478 e. The average Bonchev–Trinajstić information content (AvgIpc) is 2.31. The van der Waals surface area contributed by atoms with Crippen molar-refractivity contribution < 1.29 is 9.90 Å². The molecule has 0 atom stereocenters. The van der Waals surface area contributed by atoms with Gasteiger partial charge in [0, 0.05) is 6.20 Å². The molecule has 2 heterocycles. The van der Waals surface area contributed by atoms with Gasteiger partial charge in [-0.25, -0.2) is 9.78 Å². The molecule has 2 rings (SSSR count). The van der Waals surface area contributed by atoms with Crippen LogP contribution < -0.4 is 0 Å². The van der Waals surface area contributed by atoms with Crippen LogP contribution >= 0.6 is 11.8 Å². The van der Waals surface area contributed by atoms with Crippen molar-refractivity contribution in [3.05, 3.63) is 42.2 Å². The molecule has 5 nitrogen and oxygen atoms in total. The quantitative estimate of drug-likeness (QED) is 0.869. The minimum Gasteiger partial charge on any atom is -0.478 e. The molecule has 0 saturated heterocycles. The molecule has 0 radical (unpaired) electrons. The zero-order valence-corrected chi connectivity index (χ0v) is 8.89. The van der Waals surface area contributed by atoms with Crippen LogP contribution in [-0.4, -0.2) is 26.3 Å². The molecule has 0 bridgehead atoms. The number of hydrogen-bond acceptors (Lipinski definition) is 5. The molecule has 0 aliphatic rings. The second kappa shape index (κ2) is 4.71. The van der Waals surface area contributed by atoms with Crippen LogP contribution in [-0.2, 0) is 0 Å². The fourth-order valence-electron chi connectivity index (χ4n) is 1.06. The first-order valence-electron chi connectivity index (χ1n) is 4.41. The summed E-state index contributed by atoms with van der Waals surface area (Å²) in [6.07, 6.45) is 2.99. The van der Waals surface area contributed by atoms with E-state index in [2.05, 4.69) is 15.2 Å².